The van der Waals surface area contributed by atoms with Crippen LogP contribution >= 0.6 is 0 Å². The minimum Gasteiger partial charge on any atom is -0.508 e. The summed E-state index contributed by atoms with van der Waals surface area (Å²) in [5.74, 6) is 1.02. The van der Waals surface area contributed by atoms with Gasteiger partial charge in [-0.15, -0.1) is 0 Å². The molecule has 35 heavy (non-hydrogen) atoms. The fourth-order valence-electron chi connectivity index (χ4n) is 5.51. The minimum absolute atomic E-state index is 0.144. The first-order valence-electron chi connectivity index (χ1n) is 12.8. The van der Waals surface area contributed by atoms with Gasteiger partial charge in [0.1, 0.15) is 23.4 Å². The van der Waals surface area contributed by atoms with Crippen molar-refractivity contribution in [2.24, 2.45) is 0 Å². The Bertz CT molecular complexity index is 1110. The highest BCUT2D eigenvalue weighted by Gasteiger charge is 2.28. The minimum atomic E-state index is -0.208. The normalized spacial score (nSPS) is 21.3. The van der Waals surface area contributed by atoms with E-state index in [0.29, 0.717) is 11.8 Å². The van der Waals surface area contributed by atoms with Gasteiger partial charge in [-0.2, -0.15) is 0 Å². The van der Waals surface area contributed by atoms with Crippen LogP contribution in [0.4, 0.5) is 4.39 Å². The summed E-state index contributed by atoms with van der Waals surface area (Å²) in [6.07, 6.45) is 5.57. The highest BCUT2D eigenvalue weighted by molar-refractivity contribution is 5.40. The van der Waals surface area contributed by atoms with E-state index in [1.54, 1.807) is 6.07 Å². The Balaban J connectivity index is 1.32. The molecule has 5 heteroatoms. The summed E-state index contributed by atoms with van der Waals surface area (Å²) >= 11 is 0. The van der Waals surface area contributed by atoms with Crippen LogP contribution < -0.4 is 10.1 Å². The molecule has 0 aliphatic carbocycles. The van der Waals surface area contributed by atoms with Gasteiger partial charge in [0.05, 0.1) is 0 Å². The zero-order chi connectivity index (χ0) is 24.2. The summed E-state index contributed by atoms with van der Waals surface area (Å²) < 4.78 is 19.7. The van der Waals surface area contributed by atoms with Crippen molar-refractivity contribution in [3.63, 3.8) is 0 Å². The van der Waals surface area contributed by atoms with E-state index in [2.05, 4.69) is 47.5 Å². The lowest BCUT2D eigenvalue weighted by atomic mass is 9.88. The number of nitrogens with one attached hydrogen (secondary N) is 1. The Morgan fingerprint density at radius 3 is 2.54 bits per heavy atom. The molecule has 2 aliphatic heterocycles. The summed E-state index contributed by atoms with van der Waals surface area (Å²) in [7, 11) is 0. The molecule has 2 N–H and O–H groups in total. The third kappa shape index (κ3) is 5.85. The summed E-state index contributed by atoms with van der Waals surface area (Å²) in [5, 5.41) is 13.6. The number of hydrogen-bond donors (Lipinski definition) is 2. The number of piperidine rings is 1. The predicted octanol–water partition coefficient (Wildman–Crippen LogP) is 5.78. The maximum Gasteiger partial charge on any atom is 0.123 e. The second kappa shape index (κ2) is 10.8. The zero-order valence-corrected chi connectivity index (χ0v) is 20.4. The molecule has 1 saturated heterocycles. The van der Waals surface area contributed by atoms with E-state index in [1.165, 1.54) is 48.1 Å². The van der Waals surface area contributed by atoms with E-state index in [9.17, 15) is 9.50 Å². The molecule has 1 fully saturated rings. The lowest BCUT2D eigenvalue weighted by Gasteiger charge is -2.38. The molecule has 0 amide bonds. The molecule has 0 aromatic heterocycles. The molecule has 0 saturated carbocycles. The van der Waals surface area contributed by atoms with Gasteiger partial charge in [-0.25, -0.2) is 4.39 Å². The van der Waals surface area contributed by atoms with Gasteiger partial charge in [-0.1, -0.05) is 36.8 Å². The van der Waals surface area contributed by atoms with E-state index in [0.717, 1.165) is 43.8 Å². The van der Waals surface area contributed by atoms with Crippen LogP contribution in [0.25, 0.3) is 0 Å². The zero-order valence-electron chi connectivity index (χ0n) is 20.4. The summed E-state index contributed by atoms with van der Waals surface area (Å²) in [6.45, 7) is 4.88. The van der Waals surface area contributed by atoms with Crippen LogP contribution in [0.2, 0.25) is 0 Å². The van der Waals surface area contributed by atoms with Gasteiger partial charge < -0.3 is 15.2 Å². The molecule has 4 nitrogen and oxygen atoms in total. The molecule has 3 unspecified atom stereocenters. The number of benzene rings is 3. The van der Waals surface area contributed by atoms with Gasteiger partial charge in [0.25, 0.3) is 0 Å². The van der Waals surface area contributed by atoms with Crippen molar-refractivity contribution in [1.29, 1.82) is 0 Å². The first-order valence-corrected chi connectivity index (χ1v) is 12.8. The topological polar surface area (TPSA) is 44.7 Å². The number of phenols is 1. The molecule has 3 aromatic carbocycles. The van der Waals surface area contributed by atoms with Crippen molar-refractivity contribution in [2.75, 3.05) is 13.1 Å². The monoisotopic (exact) mass is 474 g/mol. The molecule has 0 spiro atoms. The SMILES string of the molecule is CC(Oc1ccc(CC2c3ccc(O)cc3CCN2Cc2ccc(F)cc2)cc1)C1CCCCN1. The Morgan fingerprint density at radius 2 is 1.80 bits per heavy atom. The molecular weight excluding hydrogens is 439 g/mol. The molecule has 2 aliphatic rings. The number of halogens is 1. The largest absolute Gasteiger partial charge is 0.508 e. The fourth-order valence-corrected chi connectivity index (χ4v) is 5.51. The van der Waals surface area contributed by atoms with Crippen molar-refractivity contribution in [3.05, 3.63) is 94.8 Å². The highest BCUT2D eigenvalue weighted by atomic mass is 19.1. The maximum absolute atomic E-state index is 13.4. The van der Waals surface area contributed by atoms with Gasteiger partial charge in [0, 0.05) is 25.2 Å². The van der Waals surface area contributed by atoms with Gasteiger partial charge in [-0.05, 0) is 97.8 Å². The number of phenolic OH excluding ortho intramolecular Hbond substituents is 1. The lowest BCUT2D eigenvalue weighted by Crippen LogP contribution is -2.44. The third-order valence-corrected chi connectivity index (χ3v) is 7.48. The van der Waals surface area contributed by atoms with E-state index in [1.807, 2.05) is 18.2 Å². The predicted molar refractivity (Wildman–Crippen MR) is 137 cm³/mol. The number of hydrogen-bond acceptors (Lipinski definition) is 4. The Hall–Kier alpha value is -2.89. The number of fused-ring (bicyclic) bond motifs is 1. The molecule has 3 aromatic rings. The van der Waals surface area contributed by atoms with Gasteiger partial charge in [0.15, 0.2) is 0 Å². The Kier molecular flexibility index (Phi) is 7.35. The van der Waals surface area contributed by atoms with E-state index >= 15 is 0 Å². The smallest absolute Gasteiger partial charge is 0.123 e. The standard InChI is InChI=1S/C30H35FN2O2/c1-21(29-4-2-3-16-32-29)35-27-12-7-22(8-13-27)18-30-28-14-11-26(34)19-24(28)15-17-33(30)20-23-5-9-25(31)10-6-23/h5-14,19,21,29-30,32,34H,2-4,15-18,20H2,1H3. The third-order valence-electron chi connectivity index (χ3n) is 7.48. The van der Waals surface area contributed by atoms with Crippen molar-refractivity contribution >= 4 is 0 Å². The molecule has 0 bridgehead atoms. The van der Waals surface area contributed by atoms with Gasteiger partial charge in [-0.3, -0.25) is 4.90 Å². The molecular formula is C30H35FN2O2. The summed E-state index contributed by atoms with van der Waals surface area (Å²) in [6, 6.07) is 21.6. The van der Waals surface area contributed by atoms with Crippen LogP contribution in [0.1, 0.15) is 54.5 Å². The van der Waals surface area contributed by atoms with E-state index < -0.39 is 0 Å². The number of nitrogens with zero attached hydrogens (tertiary/aromatic N) is 1. The maximum atomic E-state index is 13.4. The van der Waals surface area contributed by atoms with Crippen LogP contribution in [0.15, 0.2) is 66.7 Å². The number of rotatable bonds is 7. The van der Waals surface area contributed by atoms with Crippen molar-refractivity contribution in [1.82, 2.24) is 10.2 Å². The van der Waals surface area contributed by atoms with Crippen LogP contribution in [0, 0.1) is 5.82 Å². The Labute approximate surface area is 207 Å². The first kappa shape index (κ1) is 23.8. The van der Waals surface area contributed by atoms with Gasteiger partial charge in [0.2, 0.25) is 0 Å². The number of aromatic hydroxyl groups is 1. The van der Waals surface area contributed by atoms with Crippen LogP contribution in [0.5, 0.6) is 11.5 Å². The van der Waals surface area contributed by atoms with Crippen molar-refractivity contribution < 1.29 is 14.2 Å². The lowest BCUT2D eigenvalue weighted by molar-refractivity contribution is 0.152. The van der Waals surface area contributed by atoms with Crippen molar-refractivity contribution in [2.45, 2.75) is 63.8 Å². The first-order chi connectivity index (χ1) is 17.0. The van der Waals surface area contributed by atoms with E-state index in [4.69, 9.17) is 4.74 Å². The molecule has 5 rings (SSSR count). The second-order valence-electron chi connectivity index (χ2n) is 9.97. The Morgan fingerprint density at radius 1 is 1.03 bits per heavy atom. The average molecular weight is 475 g/mol. The van der Waals surface area contributed by atoms with Crippen LogP contribution in [0.3, 0.4) is 0 Å². The summed E-state index contributed by atoms with van der Waals surface area (Å²) in [5.41, 5.74) is 4.82. The van der Waals surface area contributed by atoms with Crippen LogP contribution in [-0.4, -0.2) is 35.2 Å². The van der Waals surface area contributed by atoms with Gasteiger partial charge >= 0.3 is 0 Å². The van der Waals surface area contributed by atoms with E-state index in [-0.39, 0.29) is 18.0 Å². The molecule has 2 heterocycles. The fraction of sp³-hybridized carbons (Fsp3) is 0.400. The van der Waals surface area contributed by atoms with Crippen molar-refractivity contribution in [3.8, 4) is 11.5 Å². The average Bonchev–Trinajstić information content (AvgIpc) is 2.88. The number of ether oxygens (including phenoxy) is 1. The second-order valence-corrected chi connectivity index (χ2v) is 9.97. The van der Waals surface area contributed by atoms with Crippen LogP contribution in [-0.2, 0) is 19.4 Å². The molecule has 3 atom stereocenters. The molecule has 184 valence electrons. The summed E-state index contributed by atoms with van der Waals surface area (Å²) in [4.78, 5) is 2.47. The molecule has 0 radical (unpaired) electrons. The highest BCUT2D eigenvalue weighted by Crippen LogP contribution is 2.35. The quantitative estimate of drug-likeness (QED) is 0.455.